The lowest BCUT2D eigenvalue weighted by atomic mass is 9.94. The second kappa shape index (κ2) is 27.7. The third kappa shape index (κ3) is 17.7. The van der Waals surface area contributed by atoms with Gasteiger partial charge in [0.2, 0.25) is 11.8 Å². The summed E-state index contributed by atoms with van der Waals surface area (Å²) in [7, 11) is 0. The number of benzene rings is 4. The van der Waals surface area contributed by atoms with Crippen molar-refractivity contribution in [3.05, 3.63) is 144 Å². The second-order valence-electron chi connectivity index (χ2n) is 16.3. The lowest BCUT2D eigenvalue weighted by molar-refractivity contribution is -0.142. The van der Waals surface area contributed by atoms with Gasteiger partial charge in [-0.2, -0.15) is 0 Å². The number of carbonyl (C=O) groups excluding carboxylic acids is 4. The molecule has 0 bridgehead atoms. The molecule has 1 unspecified atom stereocenters. The molecule has 0 aliphatic heterocycles. The fourth-order valence-electron chi connectivity index (χ4n) is 6.86. The highest BCUT2D eigenvalue weighted by Crippen LogP contribution is 2.33. The van der Waals surface area contributed by atoms with E-state index in [0.29, 0.717) is 25.1 Å². The first kappa shape index (κ1) is 53.8. The molecule has 4 amide bonds. The largest absolute Gasteiger partial charge is 0.490 e. The molecule has 8 N–H and O–H groups in total. The predicted octanol–water partition coefficient (Wildman–Crippen LogP) is 7.19. The second-order valence-corrected chi connectivity index (χ2v) is 16.3. The molecule has 366 valence electrons. The van der Waals surface area contributed by atoms with Gasteiger partial charge in [0.1, 0.15) is 49.8 Å². The molecule has 19 heteroatoms. The van der Waals surface area contributed by atoms with E-state index in [0.717, 1.165) is 38.7 Å². The number of unbranched alkanes of at least 4 members (excludes halogenated alkanes) is 1. The van der Waals surface area contributed by atoms with Gasteiger partial charge >= 0.3 is 18.2 Å². The summed E-state index contributed by atoms with van der Waals surface area (Å²) in [6.07, 6.45) is 1.73. The average molecular weight is 948 g/mol. The zero-order chi connectivity index (χ0) is 50.2. The molecule has 5 rings (SSSR count). The normalized spacial score (nSPS) is 12.6. The summed E-state index contributed by atoms with van der Waals surface area (Å²) in [4.78, 5) is 66.9. The number of aliphatic carboxylic acids is 1. The number of carboxylic acids is 1. The number of aliphatic hydroxyl groups excluding tert-OH is 1. The molecule has 1 heterocycles. The summed E-state index contributed by atoms with van der Waals surface area (Å²) < 4.78 is 15.6. The Labute approximate surface area is 400 Å². The Morgan fingerprint density at radius 1 is 0.812 bits per heavy atom. The van der Waals surface area contributed by atoms with E-state index in [2.05, 4.69) is 60.8 Å². The van der Waals surface area contributed by atoms with Gasteiger partial charge < -0.3 is 56.0 Å². The number of para-hydroxylation sites is 1. The van der Waals surface area contributed by atoms with Crippen LogP contribution < -0.4 is 31.3 Å². The molecular weight excluding hydrogens is 887 g/mol. The third-order valence-electron chi connectivity index (χ3n) is 10.6. The zero-order valence-electron chi connectivity index (χ0n) is 39.0. The van der Waals surface area contributed by atoms with E-state index in [9.17, 15) is 34.2 Å². The van der Waals surface area contributed by atoms with Crippen LogP contribution in [-0.4, -0.2) is 102 Å². The van der Waals surface area contributed by atoms with Gasteiger partial charge in [0.05, 0.1) is 5.52 Å². The number of hydrogen-bond donors (Lipinski definition) is 8. The van der Waals surface area contributed by atoms with E-state index in [1.165, 1.54) is 19.1 Å². The number of rotatable bonds is 25. The maximum absolute atomic E-state index is 13.1. The maximum Gasteiger partial charge on any atom is 0.408 e. The first-order valence-electron chi connectivity index (χ1n) is 22.3. The maximum atomic E-state index is 13.1. The van der Waals surface area contributed by atoms with Crippen LogP contribution in [0, 0.1) is 0 Å². The number of alkyl carbamates (subject to hydrolysis) is 2. The highest BCUT2D eigenvalue weighted by molar-refractivity contribution is 6.10. The number of ether oxygens (including phenoxy) is 3. The van der Waals surface area contributed by atoms with Crippen LogP contribution in [0.4, 0.5) is 15.3 Å². The van der Waals surface area contributed by atoms with Crippen molar-refractivity contribution in [2.75, 3.05) is 32.9 Å². The zero-order valence-corrected chi connectivity index (χ0v) is 39.0. The number of amides is 4. The van der Waals surface area contributed by atoms with Gasteiger partial charge in [0.25, 0.3) is 0 Å². The van der Waals surface area contributed by atoms with Crippen molar-refractivity contribution >= 4 is 57.5 Å². The van der Waals surface area contributed by atoms with Gasteiger partial charge in [0.15, 0.2) is 0 Å². The quantitative estimate of drug-likeness (QED) is 0.00953. The molecule has 0 aliphatic carbocycles. The van der Waals surface area contributed by atoms with E-state index in [-0.39, 0.29) is 44.7 Å². The number of nitrogens with zero attached hydrogens (tertiary/aromatic N) is 3. The van der Waals surface area contributed by atoms with Crippen LogP contribution in [-0.2, 0) is 35.8 Å². The predicted molar refractivity (Wildman–Crippen MR) is 263 cm³/mol. The molecule has 69 heavy (non-hydrogen) atoms. The molecule has 5 aromatic rings. The van der Waals surface area contributed by atoms with Gasteiger partial charge in [-0.1, -0.05) is 109 Å². The van der Waals surface area contributed by atoms with Crippen molar-refractivity contribution in [2.24, 2.45) is 5.11 Å². The summed E-state index contributed by atoms with van der Waals surface area (Å²) in [5.41, 5.74) is 12.6. The van der Waals surface area contributed by atoms with Crippen molar-refractivity contribution in [3.8, 4) is 5.75 Å². The fourth-order valence-corrected chi connectivity index (χ4v) is 6.86. The summed E-state index contributed by atoms with van der Waals surface area (Å²) in [6.45, 7) is 13.2. The number of aromatic nitrogens is 1. The number of azide groups is 1. The molecule has 0 spiro atoms. The minimum absolute atomic E-state index is 0.0365. The Bertz CT molecular complexity index is 2540. The molecule has 0 radical (unpaired) electrons. The van der Waals surface area contributed by atoms with Crippen LogP contribution in [0.2, 0.25) is 0 Å². The Kier molecular flexibility index (Phi) is 21.6. The summed E-state index contributed by atoms with van der Waals surface area (Å²) in [5.74, 6) is -1.83. The first-order chi connectivity index (χ1) is 33.1. The van der Waals surface area contributed by atoms with Crippen molar-refractivity contribution in [1.29, 1.82) is 0 Å². The topological polar surface area (TPSA) is 278 Å². The number of carbonyl (C=O) groups is 5. The van der Waals surface area contributed by atoms with Crippen LogP contribution in [0.3, 0.4) is 0 Å². The molecule has 0 saturated carbocycles. The first-order valence-corrected chi connectivity index (χ1v) is 22.3. The molecule has 0 fully saturated rings. The van der Waals surface area contributed by atoms with Crippen molar-refractivity contribution in [2.45, 2.75) is 76.2 Å². The van der Waals surface area contributed by atoms with E-state index in [4.69, 9.17) is 19.7 Å². The molecule has 0 saturated heterocycles. The Balaban J connectivity index is 0.000000305. The van der Waals surface area contributed by atoms with Gasteiger partial charge in [-0.3, -0.25) is 9.59 Å². The molecule has 1 aromatic heterocycles. The minimum atomic E-state index is -1.23. The van der Waals surface area contributed by atoms with Crippen LogP contribution in [0.15, 0.2) is 127 Å². The lowest BCUT2D eigenvalue weighted by Gasteiger charge is -2.28. The van der Waals surface area contributed by atoms with Gasteiger partial charge in [-0.05, 0) is 74.9 Å². The van der Waals surface area contributed by atoms with E-state index in [1.807, 2.05) is 62.4 Å². The summed E-state index contributed by atoms with van der Waals surface area (Å²) in [5, 5.41) is 39.2. The smallest absolute Gasteiger partial charge is 0.408 e. The molecule has 4 aromatic carbocycles. The van der Waals surface area contributed by atoms with Crippen LogP contribution in [0.5, 0.6) is 5.75 Å². The van der Waals surface area contributed by atoms with Crippen molar-refractivity contribution < 1.29 is 48.4 Å². The minimum Gasteiger partial charge on any atom is -0.490 e. The van der Waals surface area contributed by atoms with Crippen LogP contribution in [0.25, 0.3) is 32.2 Å². The number of aromatic amines is 1. The van der Waals surface area contributed by atoms with Gasteiger partial charge in [-0.25, -0.2) is 14.4 Å². The highest BCUT2D eigenvalue weighted by Gasteiger charge is 2.29. The number of nitrogens with one attached hydrogen (secondary N) is 6. The van der Waals surface area contributed by atoms with Crippen LogP contribution >= 0.6 is 0 Å². The Morgan fingerprint density at radius 2 is 1.46 bits per heavy atom. The number of hydrogen-bond acceptors (Lipinski definition) is 11. The molecule has 4 atom stereocenters. The van der Waals surface area contributed by atoms with E-state index in [1.54, 1.807) is 42.5 Å². The molecular formula is C50H61N9O10. The Hall–Kier alpha value is -7.86. The number of H-pyrrole nitrogens is 1. The molecule has 0 aliphatic rings. The van der Waals surface area contributed by atoms with Crippen LogP contribution in [0.1, 0.15) is 51.2 Å². The van der Waals surface area contributed by atoms with Crippen molar-refractivity contribution in [1.82, 2.24) is 31.6 Å². The highest BCUT2D eigenvalue weighted by atomic mass is 16.6. The number of fused-ring (bicyclic) bond motifs is 3. The van der Waals surface area contributed by atoms with Gasteiger partial charge in [-0.15, -0.1) is 0 Å². The summed E-state index contributed by atoms with van der Waals surface area (Å²) in [6, 6.07) is 26.9. The Morgan fingerprint density at radius 3 is 2.14 bits per heavy atom. The third-order valence-corrected chi connectivity index (χ3v) is 10.6. The monoisotopic (exact) mass is 947 g/mol. The number of carboxylic acid groups (broad SMARTS) is 1. The van der Waals surface area contributed by atoms with E-state index >= 15 is 0 Å². The summed E-state index contributed by atoms with van der Waals surface area (Å²) >= 11 is 0. The SMILES string of the molecule is C=CCOC(=O)NCCCC[C@H](NC(=O)[C@H](Cc1ccccc1)NC(=O)[C@@H](C)NC(=O)OCC=C)C(=O)O.CC(C)(NCC(O)COc1cccc2[nH]c3ccccc3c12)c1ccc(N=[N+]=[N-])cc1. The van der Waals surface area contributed by atoms with Gasteiger partial charge in [0, 0.05) is 51.9 Å². The van der Waals surface area contributed by atoms with Crippen molar-refractivity contribution in [3.63, 3.8) is 0 Å². The fraction of sp³-hybridized carbons (Fsp3) is 0.340. The lowest BCUT2D eigenvalue weighted by Crippen LogP contribution is -2.55. The standard InChI is InChI=1S/C26H36N4O8.C24H25N5O2/c1-4-15-37-25(35)27-14-10-9-13-20(24(33)34)29-23(32)21(17-19-11-7-6-8-12-19)30-22(31)18(3)28-26(36)38-16-5-2;1-24(2,16-10-12-17(13-11-16)28-29-25)26-14-18(30)15-31-22-9-5-8-21-23(22)19-6-3-4-7-20(19)27-21/h4-8,11-12,18,20-21H,1-2,9-10,13-17H2,3H3,(H,27,35)(H,28,36)(H,29,32)(H,30,31)(H,33,34);3-13,18,26-27,30H,14-15H2,1-2H3/t18-,20+,21+;/m1./s1. The van der Waals surface area contributed by atoms with E-state index < -0.39 is 54.2 Å². The number of aliphatic hydroxyl groups is 1. The molecule has 19 nitrogen and oxygen atoms in total. The average Bonchev–Trinajstić information content (AvgIpc) is 3.73.